The van der Waals surface area contributed by atoms with Gasteiger partial charge in [0, 0.05) is 31.5 Å². The van der Waals surface area contributed by atoms with Crippen molar-refractivity contribution in [2.24, 2.45) is 0 Å². The standard InChI is InChI=1S/C22H24N2O2/c1-26-19-10-5-9-18(15-19)21(25)16-24-14-13-23-12-6-11-20(23)22(24)17-7-3-2-4-8-17/h2-12,15,21-22,25H,13-14,16H2,1H3. The highest BCUT2D eigenvalue weighted by Crippen LogP contribution is 2.33. The van der Waals surface area contributed by atoms with Crippen molar-refractivity contribution in [1.82, 2.24) is 9.47 Å². The van der Waals surface area contributed by atoms with Crippen molar-refractivity contribution in [3.8, 4) is 5.75 Å². The quantitative estimate of drug-likeness (QED) is 0.765. The van der Waals surface area contributed by atoms with Gasteiger partial charge >= 0.3 is 0 Å². The maximum Gasteiger partial charge on any atom is 0.119 e. The van der Waals surface area contributed by atoms with Crippen LogP contribution in [-0.4, -0.2) is 34.8 Å². The monoisotopic (exact) mass is 348 g/mol. The van der Waals surface area contributed by atoms with E-state index >= 15 is 0 Å². The molecule has 0 fully saturated rings. The molecule has 1 aliphatic heterocycles. The van der Waals surface area contributed by atoms with E-state index in [1.54, 1.807) is 7.11 Å². The molecule has 0 radical (unpaired) electrons. The molecule has 0 aliphatic carbocycles. The van der Waals surface area contributed by atoms with Crippen LogP contribution in [0.25, 0.3) is 0 Å². The Morgan fingerprint density at radius 2 is 1.88 bits per heavy atom. The molecule has 2 atom stereocenters. The van der Waals surface area contributed by atoms with Gasteiger partial charge in [-0.05, 0) is 35.4 Å². The third kappa shape index (κ3) is 3.26. The maximum absolute atomic E-state index is 10.9. The molecule has 0 bridgehead atoms. The van der Waals surface area contributed by atoms with Crippen molar-refractivity contribution in [1.29, 1.82) is 0 Å². The molecular formula is C22H24N2O2. The minimum Gasteiger partial charge on any atom is -0.497 e. The van der Waals surface area contributed by atoms with Gasteiger partial charge in [0.15, 0.2) is 0 Å². The highest BCUT2D eigenvalue weighted by atomic mass is 16.5. The second-order valence-electron chi connectivity index (χ2n) is 6.73. The Morgan fingerprint density at radius 1 is 1.04 bits per heavy atom. The molecular weight excluding hydrogens is 324 g/mol. The number of methoxy groups -OCH3 is 1. The van der Waals surface area contributed by atoms with Crippen molar-refractivity contribution in [3.05, 3.63) is 89.7 Å². The first kappa shape index (κ1) is 16.9. The molecule has 0 spiro atoms. The molecule has 26 heavy (non-hydrogen) atoms. The minimum absolute atomic E-state index is 0.153. The van der Waals surface area contributed by atoms with Crippen LogP contribution in [0.5, 0.6) is 5.75 Å². The van der Waals surface area contributed by atoms with E-state index in [1.165, 1.54) is 11.3 Å². The predicted octanol–water partition coefficient (Wildman–Crippen LogP) is 3.64. The summed E-state index contributed by atoms with van der Waals surface area (Å²) in [5.41, 5.74) is 3.42. The summed E-state index contributed by atoms with van der Waals surface area (Å²) in [6.45, 7) is 2.43. The number of nitrogens with zero attached hydrogens (tertiary/aromatic N) is 2. The number of aliphatic hydroxyl groups is 1. The second-order valence-corrected chi connectivity index (χ2v) is 6.73. The van der Waals surface area contributed by atoms with Gasteiger partial charge in [0.05, 0.1) is 19.3 Å². The number of fused-ring (bicyclic) bond motifs is 1. The van der Waals surface area contributed by atoms with Gasteiger partial charge in [-0.25, -0.2) is 0 Å². The molecule has 4 nitrogen and oxygen atoms in total. The first-order valence-electron chi connectivity index (χ1n) is 9.02. The van der Waals surface area contributed by atoms with Crippen molar-refractivity contribution in [2.75, 3.05) is 20.2 Å². The summed E-state index contributed by atoms with van der Waals surface area (Å²) in [5, 5.41) is 10.9. The van der Waals surface area contributed by atoms with Gasteiger partial charge < -0.3 is 14.4 Å². The molecule has 1 N–H and O–H groups in total. The van der Waals surface area contributed by atoms with E-state index in [1.807, 2.05) is 30.3 Å². The van der Waals surface area contributed by atoms with E-state index in [4.69, 9.17) is 4.74 Å². The minimum atomic E-state index is -0.558. The van der Waals surface area contributed by atoms with Crippen LogP contribution in [0.2, 0.25) is 0 Å². The Morgan fingerprint density at radius 3 is 2.69 bits per heavy atom. The Hall–Kier alpha value is -2.56. The first-order valence-corrected chi connectivity index (χ1v) is 9.02. The van der Waals surface area contributed by atoms with Crippen LogP contribution < -0.4 is 4.74 Å². The Labute approximate surface area is 154 Å². The Kier molecular flexibility index (Phi) is 4.78. The fourth-order valence-electron chi connectivity index (χ4n) is 3.82. The molecule has 4 rings (SSSR count). The molecule has 134 valence electrons. The summed E-state index contributed by atoms with van der Waals surface area (Å²) in [5.74, 6) is 0.772. The van der Waals surface area contributed by atoms with E-state index in [0.717, 1.165) is 24.4 Å². The second kappa shape index (κ2) is 7.36. The number of hydrogen-bond acceptors (Lipinski definition) is 3. The molecule has 3 aromatic rings. The lowest BCUT2D eigenvalue weighted by Crippen LogP contribution is -2.40. The Bertz CT molecular complexity index is 859. The number of benzene rings is 2. The lowest BCUT2D eigenvalue weighted by molar-refractivity contribution is 0.0821. The number of rotatable bonds is 5. The van der Waals surface area contributed by atoms with Crippen LogP contribution in [0.1, 0.15) is 29.0 Å². The van der Waals surface area contributed by atoms with Crippen molar-refractivity contribution >= 4 is 0 Å². The zero-order valence-electron chi connectivity index (χ0n) is 15.0. The average molecular weight is 348 g/mol. The zero-order valence-corrected chi connectivity index (χ0v) is 15.0. The van der Waals surface area contributed by atoms with Crippen LogP contribution in [0.4, 0.5) is 0 Å². The number of β-amino-alcohol motifs (C(OH)–C–C–N with tert-alkyl or cyclic N) is 1. The summed E-state index contributed by atoms with van der Waals surface area (Å²) in [7, 11) is 1.65. The normalized spacial score (nSPS) is 18.3. The van der Waals surface area contributed by atoms with Gasteiger partial charge in [-0.3, -0.25) is 4.90 Å². The van der Waals surface area contributed by atoms with Gasteiger partial charge in [-0.15, -0.1) is 0 Å². The number of aliphatic hydroxyl groups excluding tert-OH is 1. The SMILES string of the molecule is COc1cccc(C(O)CN2CCn3cccc3C2c2ccccc2)c1. The van der Waals surface area contributed by atoms with E-state index in [2.05, 4.69) is 52.1 Å². The smallest absolute Gasteiger partial charge is 0.119 e. The third-order valence-corrected chi connectivity index (χ3v) is 5.14. The number of hydrogen-bond donors (Lipinski definition) is 1. The fraction of sp³-hybridized carbons (Fsp3) is 0.273. The fourth-order valence-corrected chi connectivity index (χ4v) is 3.82. The Balaban J connectivity index is 1.62. The highest BCUT2D eigenvalue weighted by Gasteiger charge is 2.30. The van der Waals surface area contributed by atoms with Crippen LogP contribution >= 0.6 is 0 Å². The summed E-state index contributed by atoms with van der Waals surface area (Å²) >= 11 is 0. The number of aromatic nitrogens is 1. The van der Waals surface area contributed by atoms with E-state index < -0.39 is 6.10 Å². The van der Waals surface area contributed by atoms with E-state index in [9.17, 15) is 5.11 Å². The van der Waals surface area contributed by atoms with Crippen LogP contribution in [0, 0.1) is 0 Å². The lowest BCUT2D eigenvalue weighted by Gasteiger charge is -2.38. The lowest BCUT2D eigenvalue weighted by atomic mass is 9.98. The largest absolute Gasteiger partial charge is 0.497 e. The van der Waals surface area contributed by atoms with Gasteiger partial charge in [-0.2, -0.15) is 0 Å². The molecule has 0 saturated heterocycles. The molecule has 0 amide bonds. The van der Waals surface area contributed by atoms with Crippen LogP contribution in [0.15, 0.2) is 72.9 Å². The van der Waals surface area contributed by atoms with Gasteiger partial charge in [0.25, 0.3) is 0 Å². The highest BCUT2D eigenvalue weighted by molar-refractivity contribution is 5.32. The first-order chi connectivity index (χ1) is 12.8. The molecule has 1 aliphatic rings. The molecule has 1 aromatic heterocycles. The van der Waals surface area contributed by atoms with Crippen molar-refractivity contribution < 1.29 is 9.84 Å². The van der Waals surface area contributed by atoms with Gasteiger partial charge in [0.1, 0.15) is 5.75 Å². The molecule has 2 aromatic carbocycles. The predicted molar refractivity (Wildman–Crippen MR) is 102 cm³/mol. The van der Waals surface area contributed by atoms with Crippen molar-refractivity contribution in [3.63, 3.8) is 0 Å². The maximum atomic E-state index is 10.9. The molecule has 0 saturated carbocycles. The van der Waals surface area contributed by atoms with E-state index in [-0.39, 0.29) is 6.04 Å². The zero-order chi connectivity index (χ0) is 17.9. The average Bonchev–Trinajstić information content (AvgIpc) is 3.17. The van der Waals surface area contributed by atoms with Crippen LogP contribution in [-0.2, 0) is 6.54 Å². The topological polar surface area (TPSA) is 37.6 Å². The summed E-state index contributed by atoms with van der Waals surface area (Å²) in [4.78, 5) is 2.37. The molecule has 2 unspecified atom stereocenters. The molecule has 4 heteroatoms. The van der Waals surface area contributed by atoms with E-state index in [0.29, 0.717) is 6.54 Å². The van der Waals surface area contributed by atoms with Crippen LogP contribution in [0.3, 0.4) is 0 Å². The molecule has 2 heterocycles. The summed E-state index contributed by atoms with van der Waals surface area (Å²) in [6.07, 6.45) is 1.58. The van der Waals surface area contributed by atoms with Gasteiger partial charge in [-0.1, -0.05) is 42.5 Å². The van der Waals surface area contributed by atoms with Gasteiger partial charge in [0.2, 0.25) is 0 Å². The number of ether oxygens (including phenoxy) is 1. The summed E-state index contributed by atoms with van der Waals surface area (Å²) < 4.78 is 7.61. The van der Waals surface area contributed by atoms with Crippen molar-refractivity contribution in [2.45, 2.75) is 18.7 Å². The summed E-state index contributed by atoms with van der Waals surface area (Å²) in [6, 6.07) is 22.7. The third-order valence-electron chi connectivity index (χ3n) is 5.14.